The molecule has 0 spiro atoms. The molecular weight excluding hydrogens is 470 g/mol. The van der Waals surface area contributed by atoms with E-state index in [9.17, 15) is 14.4 Å². The van der Waals surface area contributed by atoms with Crippen molar-refractivity contribution in [1.29, 1.82) is 0 Å². The number of anilines is 2. The number of carboxylic acid groups (broad SMARTS) is 2. The Morgan fingerprint density at radius 2 is 1.64 bits per heavy atom. The van der Waals surface area contributed by atoms with Gasteiger partial charge >= 0.3 is 18.0 Å². The zero-order valence-corrected chi connectivity index (χ0v) is 20.2. The van der Waals surface area contributed by atoms with E-state index in [1.54, 1.807) is 0 Å². The van der Waals surface area contributed by atoms with Crippen LogP contribution in [0.1, 0.15) is 44.2 Å². The number of nitrogens with one attached hydrogen (secondary N) is 3. The van der Waals surface area contributed by atoms with Crippen molar-refractivity contribution in [2.75, 3.05) is 17.2 Å². The second-order valence-electron chi connectivity index (χ2n) is 9.26. The molecule has 0 aliphatic carbocycles. The molecule has 2 aliphatic heterocycles. The predicted molar refractivity (Wildman–Crippen MR) is 131 cm³/mol. The first-order chi connectivity index (χ1) is 16.9. The van der Waals surface area contributed by atoms with Gasteiger partial charge in [0.2, 0.25) is 0 Å². The zero-order chi connectivity index (χ0) is 26.6. The Balaban J connectivity index is 0.000000308. The minimum Gasteiger partial charge on any atom is -0.479 e. The Bertz CT molecular complexity index is 1100. The number of carbonyl (C=O) groups is 3. The smallest absolute Gasteiger partial charge is 0.417 e. The summed E-state index contributed by atoms with van der Waals surface area (Å²) < 4.78 is 5.52. The van der Waals surface area contributed by atoms with Crippen LogP contribution in [0.5, 0.6) is 5.75 Å². The van der Waals surface area contributed by atoms with Crippen molar-refractivity contribution in [2.24, 2.45) is 0 Å². The highest BCUT2D eigenvalue weighted by atomic mass is 16.6. The molecule has 2 aromatic rings. The third-order valence-electron chi connectivity index (χ3n) is 6.38. The molecule has 0 aromatic heterocycles. The van der Waals surface area contributed by atoms with Gasteiger partial charge in [-0.15, -0.1) is 0 Å². The first-order valence-corrected chi connectivity index (χ1v) is 11.5. The molecule has 194 valence electrons. The minimum absolute atomic E-state index is 0.0395. The number of rotatable bonds is 6. The molecule has 0 bridgehead atoms. The molecule has 11 heteroatoms. The molecule has 1 amide bonds. The Hall–Kier alpha value is -3.67. The van der Waals surface area contributed by atoms with E-state index in [2.05, 4.69) is 36.7 Å². The van der Waals surface area contributed by atoms with Crippen molar-refractivity contribution in [3.05, 3.63) is 53.6 Å². The first kappa shape index (κ1) is 26.9. The third-order valence-corrected chi connectivity index (χ3v) is 6.38. The van der Waals surface area contributed by atoms with Gasteiger partial charge in [0.1, 0.15) is 5.75 Å². The quantitative estimate of drug-likeness (QED) is 0.311. The number of benzene rings is 2. The van der Waals surface area contributed by atoms with Gasteiger partial charge in [-0.25, -0.2) is 14.4 Å². The van der Waals surface area contributed by atoms with E-state index in [4.69, 9.17) is 25.2 Å². The lowest BCUT2D eigenvalue weighted by Gasteiger charge is -2.23. The van der Waals surface area contributed by atoms with Gasteiger partial charge in [0.25, 0.3) is 0 Å². The van der Waals surface area contributed by atoms with Crippen LogP contribution in [0.3, 0.4) is 0 Å². The molecule has 2 aliphatic rings. The maximum absolute atomic E-state index is 12.2. The summed E-state index contributed by atoms with van der Waals surface area (Å²) in [5.74, 6) is -2.51. The van der Waals surface area contributed by atoms with Crippen molar-refractivity contribution in [2.45, 2.75) is 56.9 Å². The monoisotopic (exact) mass is 501 g/mol. The van der Waals surface area contributed by atoms with E-state index in [0.717, 1.165) is 24.3 Å². The van der Waals surface area contributed by atoms with Crippen LogP contribution >= 0.6 is 0 Å². The lowest BCUT2D eigenvalue weighted by molar-refractivity contribution is -0.165. The summed E-state index contributed by atoms with van der Waals surface area (Å²) in [4.78, 5) is 31.8. The van der Waals surface area contributed by atoms with Crippen LogP contribution in [0.4, 0.5) is 16.2 Å². The molecule has 36 heavy (non-hydrogen) atoms. The molecule has 11 nitrogen and oxygen atoms in total. The van der Waals surface area contributed by atoms with Gasteiger partial charge < -0.3 is 30.5 Å². The van der Waals surface area contributed by atoms with Gasteiger partial charge in [-0.2, -0.15) is 0 Å². The molecule has 2 aromatic carbocycles. The molecule has 1 saturated heterocycles. The van der Waals surface area contributed by atoms with Crippen molar-refractivity contribution in [3.8, 4) is 5.75 Å². The Morgan fingerprint density at radius 1 is 1.03 bits per heavy atom. The summed E-state index contributed by atoms with van der Waals surface area (Å²) in [6.45, 7) is 7.52. The summed E-state index contributed by atoms with van der Waals surface area (Å²) in [5, 5.41) is 42.3. The summed E-state index contributed by atoms with van der Waals surface area (Å²) in [5.41, 5.74) is 4.33. The van der Waals surface area contributed by atoms with Gasteiger partial charge in [0.05, 0.1) is 6.17 Å². The molecule has 3 unspecified atom stereocenters. The molecule has 0 radical (unpaired) electrons. The van der Waals surface area contributed by atoms with Crippen LogP contribution < -0.4 is 20.7 Å². The molecule has 7 N–H and O–H groups in total. The second kappa shape index (κ2) is 10.9. The number of hydrogen-bond acceptors (Lipinski definition) is 8. The highest BCUT2D eigenvalue weighted by molar-refractivity contribution is 5.86. The Labute approximate surface area is 208 Å². The summed E-state index contributed by atoms with van der Waals surface area (Å²) in [6, 6.07) is 13.7. The SMILES string of the molecule is CC(C)c1ccc(NC(=O)Oc2ccc3c(c2)[C@]2(C)CCNC2N3)cc1.O=C(O)C(O)C(O)C(=O)O. The molecule has 0 saturated carbocycles. The lowest BCUT2D eigenvalue weighted by atomic mass is 9.81. The fourth-order valence-electron chi connectivity index (χ4n) is 4.16. The predicted octanol–water partition coefficient (Wildman–Crippen LogP) is 2.30. The number of ether oxygens (including phenoxy) is 1. The average Bonchev–Trinajstić information content (AvgIpc) is 3.32. The van der Waals surface area contributed by atoms with Crippen molar-refractivity contribution in [1.82, 2.24) is 5.32 Å². The zero-order valence-electron chi connectivity index (χ0n) is 20.2. The highest BCUT2D eigenvalue weighted by Crippen LogP contribution is 2.46. The van der Waals surface area contributed by atoms with Crippen molar-refractivity contribution < 1.29 is 39.5 Å². The van der Waals surface area contributed by atoms with Crippen LogP contribution in [0.15, 0.2) is 42.5 Å². The van der Waals surface area contributed by atoms with Gasteiger partial charge in [0.15, 0.2) is 12.2 Å². The van der Waals surface area contributed by atoms with E-state index in [1.807, 2.05) is 42.5 Å². The molecule has 4 atom stereocenters. The van der Waals surface area contributed by atoms with E-state index in [0.29, 0.717) is 11.7 Å². The first-order valence-electron chi connectivity index (χ1n) is 11.5. The van der Waals surface area contributed by atoms with E-state index in [1.165, 1.54) is 11.1 Å². The fraction of sp³-hybridized carbons (Fsp3) is 0.400. The number of amides is 1. The maximum atomic E-state index is 12.2. The number of aliphatic carboxylic acids is 2. The van der Waals surface area contributed by atoms with Gasteiger partial charge in [-0.1, -0.05) is 32.9 Å². The molecule has 1 fully saturated rings. The molecular formula is C25H31N3O8. The Morgan fingerprint density at radius 3 is 2.19 bits per heavy atom. The van der Waals surface area contributed by atoms with Crippen LogP contribution in [0.25, 0.3) is 0 Å². The van der Waals surface area contributed by atoms with Gasteiger partial charge in [-0.05, 0) is 60.3 Å². The van der Waals surface area contributed by atoms with E-state index < -0.39 is 30.2 Å². The fourth-order valence-corrected chi connectivity index (χ4v) is 4.16. The third kappa shape index (κ3) is 5.93. The van der Waals surface area contributed by atoms with Crippen molar-refractivity contribution >= 4 is 29.4 Å². The summed E-state index contributed by atoms with van der Waals surface area (Å²) in [7, 11) is 0. The summed E-state index contributed by atoms with van der Waals surface area (Å²) in [6.07, 6.45) is -3.69. The van der Waals surface area contributed by atoms with Crippen LogP contribution in [0.2, 0.25) is 0 Å². The van der Waals surface area contributed by atoms with E-state index in [-0.39, 0.29) is 11.6 Å². The maximum Gasteiger partial charge on any atom is 0.417 e. The minimum atomic E-state index is -2.27. The van der Waals surface area contributed by atoms with Crippen LogP contribution in [-0.2, 0) is 15.0 Å². The number of aliphatic hydroxyl groups excluding tert-OH is 2. The number of fused-ring (bicyclic) bond motifs is 3. The topological polar surface area (TPSA) is 177 Å². The van der Waals surface area contributed by atoms with Gasteiger partial charge in [-0.3, -0.25) is 10.6 Å². The summed E-state index contributed by atoms with van der Waals surface area (Å²) >= 11 is 0. The van der Waals surface area contributed by atoms with Gasteiger partial charge in [0, 0.05) is 16.8 Å². The molecule has 4 rings (SSSR count). The lowest BCUT2D eigenvalue weighted by Crippen LogP contribution is -2.39. The number of aliphatic hydroxyl groups is 2. The highest BCUT2D eigenvalue weighted by Gasteiger charge is 2.46. The van der Waals surface area contributed by atoms with Crippen LogP contribution in [0, 0.1) is 0 Å². The Kier molecular flexibility index (Phi) is 8.18. The standard InChI is InChI=1S/C21H25N3O2.C4H6O6/c1-13(2)14-4-6-15(7-5-14)23-20(25)26-16-8-9-18-17(12-16)21(3)10-11-22-19(21)24-18;5-1(3(7)8)2(6)4(9)10/h4-9,12-13,19,22,24H,10-11H2,1-3H3,(H,23,25);1-2,5-6H,(H,7,8)(H,9,10)/t19?,21-;/m0./s1. The number of carboxylic acids is 2. The number of carbonyl (C=O) groups excluding carboxylic acids is 1. The second-order valence-corrected chi connectivity index (χ2v) is 9.26. The largest absolute Gasteiger partial charge is 0.479 e. The van der Waals surface area contributed by atoms with Crippen molar-refractivity contribution in [3.63, 3.8) is 0 Å². The number of hydrogen-bond donors (Lipinski definition) is 7. The molecule has 2 heterocycles. The average molecular weight is 502 g/mol. The normalized spacial score (nSPS) is 21.2. The van der Waals surface area contributed by atoms with E-state index >= 15 is 0 Å². The van der Waals surface area contributed by atoms with Crippen LogP contribution in [-0.4, -0.2) is 63.4 Å².